The number of benzene rings is 3. The number of imide groups is 1. The first-order valence-corrected chi connectivity index (χ1v) is 16.2. The van der Waals surface area contributed by atoms with Crippen LogP contribution in [0.25, 0.3) is 22.2 Å². The van der Waals surface area contributed by atoms with Gasteiger partial charge in [-0.3, -0.25) is 19.3 Å². The van der Waals surface area contributed by atoms with Crippen molar-refractivity contribution in [1.29, 1.82) is 0 Å². The third kappa shape index (κ3) is 5.12. The van der Waals surface area contributed by atoms with Crippen molar-refractivity contribution in [2.24, 2.45) is 23.7 Å². The van der Waals surface area contributed by atoms with E-state index in [0.29, 0.717) is 38.4 Å². The van der Waals surface area contributed by atoms with E-state index in [4.69, 9.17) is 32.9 Å². The smallest absolute Gasteiger partial charge is 0.339 e. The number of aryl methyl sites for hydroxylation is 1. The Morgan fingerprint density at radius 3 is 2.39 bits per heavy atom. The van der Waals surface area contributed by atoms with Crippen molar-refractivity contribution in [2.45, 2.75) is 32.8 Å². The second-order valence-electron chi connectivity index (χ2n) is 12.3. The molecular formula is C37H30Cl2N2O5. The molecule has 232 valence electrons. The fraction of sp³-hybridized carbons (Fsp3) is 0.270. The fourth-order valence-electron chi connectivity index (χ4n) is 7.30. The number of Topliss-reactive ketones (excluding diaryl/α,β-unsaturated/α-hetero) is 1. The van der Waals surface area contributed by atoms with Crippen molar-refractivity contribution in [3.63, 3.8) is 0 Å². The largest absolute Gasteiger partial charge is 0.450 e. The lowest BCUT2D eigenvalue weighted by atomic mass is 9.82. The number of ketones is 1. The highest BCUT2D eigenvalue weighted by molar-refractivity contribution is 6.30. The average molecular weight is 654 g/mol. The summed E-state index contributed by atoms with van der Waals surface area (Å²) in [7, 11) is 0. The third-order valence-electron chi connectivity index (χ3n) is 9.53. The summed E-state index contributed by atoms with van der Waals surface area (Å²) >= 11 is 12.0. The lowest BCUT2D eigenvalue weighted by Crippen LogP contribution is -2.32. The van der Waals surface area contributed by atoms with Gasteiger partial charge in [-0.1, -0.05) is 47.0 Å². The van der Waals surface area contributed by atoms with Crippen LogP contribution in [0.5, 0.6) is 0 Å². The highest BCUT2D eigenvalue weighted by Crippen LogP contribution is 2.56. The molecule has 2 aliphatic carbocycles. The van der Waals surface area contributed by atoms with E-state index in [1.165, 1.54) is 10.5 Å². The number of amides is 2. The maximum absolute atomic E-state index is 13.8. The Labute approximate surface area is 276 Å². The monoisotopic (exact) mass is 652 g/mol. The number of alkyl halides is 1. The van der Waals surface area contributed by atoms with Crippen LogP contribution in [0.2, 0.25) is 5.02 Å². The van der Waals surface area contributed by atoms with Gasteiger partial charge in [0.1, 0.15) is 0 Å². The number of nitrogens with zero attached hydrogens (tertiary/aromatic N) is 2. The summed E-state index contributed by atoms with van der Waals surface area (Å²) in [5, 5.41) is 1.08. The van der Waals surface area contributed by atoms with E-state index in [9.17, 15) is 19.2 Å². The molecule has 2 bridgehead atoms. The fourth-order valence-corrected chi connectivity index (χ4v) is 7.63. The van der Waals surface area contributed by atoms with E-state index >= 15 is 0 Å². The number of carbonyl (C=O) groups excluding carboxylic acids is 4. The Morgan fingerprint density at radius 1 is 0.957 bits per heavy atom. The maximum atomic E-state index is 13.8. The molecule has 2 fully saturated rings. The lowest BCUT2D eigenvalue weighted by molar-refractivity contribution is -0.123. The predicted molar refractivity (Wildman–Crippen MR) is 177 cm³/mol. The molecule has 46 heavy (non-hydrogen) atoms. The van der Waals surface area contributed by atoms with Crippen molar-refractivity contribution in [3.05, 3.63) is 106 Å². The number of fused-ring (bicyclic) bond motifs is 6. The minimum atomic E-state index is -1.09. The van der Waals surface area contributed by atoms with Crippen LogP contribution >= 0.6 is 23.2 Å². The molecule has 4 aromatic rings. The number of hydrogen-bond donors (Lipinski definition) is 0. The summed E-state index contributed by atoms with van der Waals surface area (Å²) in [6.07, 6.45) is 2.08. The zero-order valence-electron chi connectivity index (χ0n) is 25.2. The van der Waals surface area contributed by atoms with Crippen molar-refractivity contribution >= 4 is 63.4 Å². The number of carbonyl (C=O) groups is 4. The van der Waals surface area contributed by atoms with E-state index < -0.39 is 12.1 Å². The third-order valence-corrected chi connectivity index (χ3v) is 10.00. The summed E-state index contributed by atoms with van der Waals surface area (Å²) in [5.74, 6) is -1.49. The van der Waals surface area contributed by atoms with E-state index in [0.717, 1.165) is 12.0 Å². The first-order chi connectivity index (χ1) is 22.1. The molecule has 3 aromatic carbocycles. The molecule has 0 N–H and O–H groups in total. The first-order valence-electron chi connectivity index (χ1n) is 15.3. The summed E-state index contributed by atoms with van der Waals surface area (Å²) in [5.41, 5.74) is 5.04. The van der Waals surface area contributed by atoms with Crippen LogP contribution < -0.4 is 4.90 Å². The van der Waals surface area contributed by atoms with Crippen LogP contribution in [0.15, 0.2) is 84.4 Å². The molecule has 1 saturated carbocycles. The zero-order valence-corrected chi connectivity index (χ0v) is 26.7. The van der Waals surface area contributed by atoms with E-state index in [1.807, 2.05) is 32.0 Å². The van der Waals surface area contributed by atoms with Crippen LogP contribution in [0.4, 0.5) is 5.69 Å². The number of aromatic nitrogens is 1. The summed E-state index contributed by atoms with van der Waals surface area (Å²) in [6, 6.07) is 20.7. The molecular weight excluding hydrogens is 623 g/mol. The zero-order chi connectivity index (χ0) is 32.3. The Hall–Kier alpha value is -4.33. The number of esters is 1. The van der Waals surface area contributed by atoms with Gasteiger partial charge in [-0.05, 0) is 86.7 Å². The van der Waals surface area contributed by atoms with Gasteiger partial charge in [-0.15, -0.1) is 11.6 Å². The maximum Gasteiger partial charge on any atom is 0.339 e. The van der Waals surface area contributed by atoms with Gasteiger partial charge < -0.3 is 4.74 Å². The summed E-state index contributed by atoms with van der Waals surface area (Å²) in [4.78, 5) is 60.0. The van der Waals surface area contributed by atoms with E-state index in [2.05, 4.69) is 6.08 Å². The molecule has 5 atom stereocenters. The lowest BCUT2D eigenvalue weighted by Gasteiger charge is -2.19. The van der Waals surface area contributed by atoms with E-state index in [-0.39, 0.29) is 59.1 Å². The number of rotatable bonds is 8. The quantitative estimate of drug-likeness (QED) is 0.0640. The SMILES string of the molecule is CC1=CC2CC1C1C(=O)N(c3ccc(-c4cc(C(=O)OC(CCCl)C(=O)c5ccc(Cl)cc5)c5cc(C)ccc5n4)cc3)C(=O)C21. The number of halogens is 2. The molecule has 1 aromatic heterocycles. The van der Waals surface area contributed by atoms with Crippen molar-refractivity contribution in [1.82, 2.24) is 4.98 Å². The second kappa shape index (κ2) is 11.8. The normalized spacial score (nSPS) is 22.3. The van der Waals surface area contributed by atoms with Gasteiger partial charge in [0.2, 0.25) is 17.6 Å². The molecule has 7 nitrogen and oxygen atoms in total. The minimum absolute atomic E-state index is 0.117. The number of ether oxygens (including phenoxy) is 1. The Kier molecular flexibility index (Phi) is 7.78. The number of hydrogen-bond acceptors (Lipinski definition) is 6. The Balaban J connectivity index is 1.19. The first kappa shape index (κ1) is 30.3. The van der Waals surface area contributed by atoms with E-state index in [1.54, 1.807) is 54.6 Å². The standard InChI is InChI=1S/C37H30Cl2N2O5/c1-19-3-12-29-27(15-19)28(37(45)46-31(13-14-38)34(42)22-4-8-24(39)9-5-22)18-30(40-29)21-6-10-25(11-7-21)41-35(43)32-23-16-20(2)26(17-23)33(32)36(41)44/h3-12,15-16,18,23,26,31-33H,13-14,17H2,1-2H3. The molecule has 1 aliphatic heterocycles. The van der Waals surface area contributed by atoms with Gasteiger partial charge in [0.05, 0.1) is 34.3 Å². The summed E-state index contributed by atoms with van der Waals surface area (Å²) < 4.78 is 5.82. The van der Waals surface area contributed by atoms with Crippen LogP contribution in [-0.4, -0.2) is 40.5 Å². The molecule has 7 rings (SSSR count). The molecule has 1 saturated heterocycles. The summed E-state index contributed by atoms with van der Waals surface area (Å²) in [6.45, 7) is 3.97. The van der Waals surface area contributed by atoms with Gasteiger partial charge in [0.25, 0.3) is 0 Å². The van der Waals surface area contributed by atoms with Crippen LogP contribution in [-0.2, 0) is 14.3 Å². The molecule has 2 heterocycles. The second-order valence-corrected chi connectivity index (χ2v) is 13.2. The van der Waals surface area contributed by atoms with Crippen LogP contribution in [0.1, 0.15) is 46.0 Å². The molecule has 9 heteroatoms. The van der Waals surface area contributed by atoms with Crippen LogP contribution in [0, 0.1) is 30.6 Å². The Bertz CT molecular complexity index is 1950. The number of allylic oxidation sites excluding steroid dienone is 2. The van der Waals surface area contributed by atoms with Crippen molar-refractivity contribution < 1.29 is 23.9 Å². The topological polar surface area (TPSA) is 93.6 Å². The molecule has 0 spiro atoms. The molecule has 0 radical (unpaired) electrons. The van der Waals surface area contributed by atoms with Gasteiger partial charge in [0.15, 0.2) is 6.10 Å². The molecule has 3 aliphatic rings. The molecule has 2 amide bonds. The average Bonchev–Trinajstić information content (AvgIpc) is 3.69. The van der Waals surface area contributed by atoms with Gasteiger partial charge in [0, 0.05) is 33.8 Å². The van der Waals surface area contributed by atoms with Gasteiger partial charge >= 0.3 is 5.97 Å². The van der Waals surface area contributed by atoms with Gasteiger partial charge in [-0.25, -0.2) is 9.78 Å². The minimum Gasteiger partial charge on any atom is -0.450 e. The predicted octanol–water partition coefficient (Wildman–Crippen LogP) is 7.60. The Morgan fingerprint density at radius 2 is 1.67 bits per heavy atom. The van der Waals surface area contributed by atoms with Gasteiger partial charge in [-0.2, -0.15) is 0 Å². The number of pyridine rings is 1. The van der Waals surface area contributed by atoms with Crippen molar-refractivity contribution in [3.8, 4) is 11.3 Å². The molecule has 5 unspecified atom stereocenters. The van der Waals surface area contributed by atoms with Crippen molar-refractivity contribution in [2.75, 3.05) is 10.8 Å². The number of anilines is 1. The highest BCUT2D eigenvalue weighted by Gasteiger charge is 2.60. The van der Waals surface area contributed by atoms with Crippen LogP contribution in [0.3, 0.4) is 0 Å². The highest BCUT2D eigenvalue weighted by atomic mass is 35.5.